The monoisotopic (exact) mass is 716 g/mol. The highest BCUT2D eigenvalue weighted by Crippen LogP contribution is 2.34. The third-order valence-electron chi connectivity index (χ3n) is 9.55. The average molecular weight is 717 g/mol. The summed E-state index contributed by atoms with van der Waals surface area (Å²) in [4.78, 5) is 31.3. The third-order valence-corrected chi connectivity index (χ3v) is 11.6. The number of anilines is 1. The van der Waals surface area contributed by atoms with E-state index < -0.39 is 63.3 Å². The molecule has 1 aromatic heterocycles. The summed E-state index contributed by atoms with van der Waals surface area (Å²) in [5.74, 6) is -5.43. The molecule has 3 aromatic rings. The van der Waals surface area contributed by atoms with Crippen molar-refractivity contribution in [2.45, 2.75) is 62.9 Å². The van der Waals surface area contributed by atoms with Crippen LogP contribution in [0.3, 0.4) is 0 Å². The Morgan fingerprint density at radius 3 is 2.30 bits per heavy atom. The second-order valence-corrected chi connectivity index (χ2v) is 15.1. The molecular formula is C35H40F4N6O4S. The standard InChI is InChI=1S/C35H40F4N6O4S/c36-25-7-5-23(6-8-25)33(24-16-26(37)18-27(38)17-24)34(43-32(46)15-22-3-4-22)35(47)42-31-21-41-20-30(39)29(31)10-9-28-19-40-11-14-45(28)50(48,49)44-12-1-2-13-44/h5-8,16-18,20-22,28,33-34,40H,1-4,9-15,19H2,(H,42,47)(H,43,46)/t28-,33-,34-/m0/s1. The second-order valence-electron chi connectivity index (χ2n) is 13.2. The molecule has 1 saturated carbocycles. The lowest BCUT2D eigenvalue weighted by molar-refractivity contribution is -0.127. The van der Waals surface area contributed by atoms with Gasteiger partial charge in [-0.15, -0.1) is 0 Å². The highest BCUT2D eigenvalue weighted by Gasteiger charge is 2.38. The highest BCUT2D eigenvalue weighted by molar-refractivity contribution is 7.86. The number of rotatable bonds is 13. The lowest BCUT2D eigenvalue weighted by Crippen LogP contribution is -2.57. The maximum Gasteiger partial charge on any atom is 0.282 e. The van der Waals surface area contributed by atoms with Gasteiger partial charge in [0, 0.05) is 62.7 Å². The van der Waals surface area contributed by atoms with Gasteiger partial charge in [0.15, 0.2) is 0 Å². The van der Waals surface area contributed by atoms with Crippen LogP contribution in [0.1, 0.15) is 61.1 Å². The fraction of sp³-hybridized carbons (Fsp3) is 0.457. The lowest BCUT2D eigenvalue weighted by atomic mass is 9.84. The zero-order valence-electron chi connectivity index (χ0n) is 27.4. The summed E-state index contributed by atoms with van der Waals surface area (Å²) in [6.45, 7) is 2.01. The Balaban J connectivity index is 1.29. The quantitative estimate of drug-likeness (QED) is 0.228. The van der Waals surface area contributed by atoms with Gasteiger partial charge in [-0.05, 0) is 79.8 Å². The number of benzene rings is 2. The molecular weight excluding hydrogens is 676 g/mol. The van der Waals surface area contributed by atoms with Crippen LogP contribution in [0.15, 0.2) is 54.9 Å². The molecule has 6 rings (SSSR count). The van der Waals surface area contributed by atoms with E-state index in [-0.39, 0.29) is 48.5 Å². The molecule has 10 nitrogen and oxygen atoms in total. The number of halogens is 4. The number of nitrogens with zero attached hydrogens (tertiary/aromatic N) is 3. The molecule has 0 radical (unpaired) electrons. The Labute approximate surface area is 288 Å². The van der Waals surface area contributed by atoms with E-state index in [0.29, 0.717) is 37.8 Å². The van der Waals surface area contributed by atoms with E-state index in [0.717, 1.165) is 56.1 Å². The molecule has 3 heterocycles. The van der Waals surface area contributed by atoms with Crippen LogP contribution in [0, 0.1) is 29.2 Å². The number of pyridine rings is 1. The van der Waals surface area contributed by atoms with Crippen LogP contribution in [-0.4, -0.2) is 78.6 Å². The van der Waals surface area contributed by atoms with Crippen molar-refractivity contribution in [3.05, 3.63) is 94.8 Å². The number of carbonyl (C=O) groups excluding carboxylic acids is 2. The van der Waals surface area contributed by atoms with E-state index in [2.05, 4.69) is 20.9 Å². The van der Waals surface area contributed by atoms with E-state index in [1.54, 1.807) is 0 Å². The smallest absolute Gasteiger partial charge is 0.282 e. The van der Waals surface area contributed by atoms with Crippen LogP contribution in [0.5, 0.6) is 0 Å². The van der Waals surface area contributed by atoms with E-state index in [9.17, 15) is 31.2 Å². The van der Waals surface area contributed by atoms with Crippen molar-refractivity contribution in [1.82, 2.24) is 24.2 Å². The summed E-state index contributed by atoms with van der Waals surface area (Å²) >= 11 is 0. The Kier molecular flexibility index (Phi) is 11.2. The Morgan fingerprint density at radius 1 is 0.920 bits per heavy atom. The number of nitrogens with one attached hydrogen (secondary N) is 3. The summed E-state index contributed by atoms with van der Waals surface area (Å²) in [6.07, 6.45) is 5.94. The highest BCUT2D eigenvalue weighted by atomic mass is 32.2. The Bertz CT molecular complexity index is 1780. The molecule has 2 aromatic carbocycles. The van der Waals surface area contributed by atoms with Gasteiger partial charge < -0.3 is 16.0 Å². The maximum atomic E-state index is 15.5. The largest absolute Gasteiger partial charge is 0.343 e. The minimum Gasteiger partial charge on any atom is -0.343 e. The molecule has 1 aliphatic carbocycles. The van der Waals surface area contributed by atoms with Gasteiger partial charge in [0.1, 0.15) is 29.3 Å². The van der Waals surface area contributed by atoms with Gasteiger partial charge in [0.25, 0.3) is 10.2 Å². The molecule has 0 unspecified atom stereocenters. The molecule has 15 heteroatoms. The van der Waals surface area contributed by atoms with Crippen molar-refractivity contribution in [3.63, 3.8) is 0 Å². The molecule has 50 heavy (non-hydrogen) atoms. The minimum absolute atomic E-state index is 0.00237. The summed E-state index contributed by atoms with van der Waals surface area (Å²) in [6, 6.07) is 5.83. The van der Waals surface area contributed by atoms with Gasteiger partial charge in [0.2, 0.25) is 11.8 Å². The van der Waals surface area contributed by atoms with Crippen LogP contribution in [0.2, 0.25) is 0 Å². The van der Waals surface area contributed by atoms with Gasteiger partial charge in [-0.3, -0.25) is 14.6 Å². The lowest BCUT2D eigenvalue weighted by Gasteiger charge is -2.37. The zero-order valence-corrected chi connectivity index (χ0v) is 28.2. The first-order valence-corrected chi connectivity index (χ1v) is 18.3. The van der Waals surface area contributed by atoms with Crippen LogP contribution in [0.4, 0.5) is 23.2 Å². The fourth-order valence-electron chi connectivity index (χ4n) is 6.82. The number of piperazine rings is 1. The molecule has 268 valence electrons. The van der Waals surface area contributed by atoms with Crippen LogP contribution >= 0.6 is 0 Å². The summed E-state index contributed by atoms with van der Waals surface area (Å²) < 4.78 is 88.4. The number of carbonyl (C=O) groups is 2. The Morgan fingerprint density at radius 2 is 1.62 bits per heavy atom. The summed E-state index contributed by atoms with van der Waals surface area (Å²) in [5, 5.41) is 8.64. The first-order valence-electron chi connectivity index (χ1n) is 16.9. The van der Waals surface area contributed by atoms with Crippen LogP contribution < -0.4 is 16.0 Å². The first-order chi connectivity index (χ1) is 24.0. The summed E-state index contributed by atoms with van der Waals surface area (Å²) in [7, 11) is -3.72. The van der Waals surface area contributed by atoms with Gasteiger partial charge in [-0.25, -0.2) is 17.6 Å². The SMILES string of the molecule is O=C(CC1CC1)N[C@H](C(=O)Nc1cncc(F)c1CC[C@H]1CNCCN1S(=O)(=O)N1CCCC1)[C@@H](c1ccc(F)cc1)c1cc(F)cc(F)c1. The minimum atomic E-state index is -3.72. The van der Waals surface area contributed by atoms with E-state index in [4.69, 9.17) is 0 Å². The molecule has 2 saturated heterocycles. The molecule has 2 aliphatic heterocycles. The van der Waals surface area contributed by atoms with E-state index in [1.807, 2.05) is 0 Å². The van der Waals surface area contributed by atoms with Crippen molar-refractivity contribution in [3.8, 4) is 0 Å². The maximum absolute atomic E-state index is 15.5. The molecule has 0 bridgehead atoms. The topological polar surface area (TPSA) is 124 Å². The number of amides is 2. The van der Waals surface area contributed by atoms with E-state index >= 15 is 4.39 Å². The normalized spacial score (nSPS) is 20.0. The number of hydrogen-bond donors (Lipinski definition) is 3. The second kappa shape index (κ2) is 15.5. The molecule has 3 fully saturated rings. The van der Waals surface area contributed by atoms with Crippen molar-refractivity contribution in [2.75, 3.05) is 38.0 Å². The fourth-order valence-corrected chi connectivity index (χ4v) is 8.72. The number of hydrogen-bond acceptors (Lipinski definition) is 6. The van der Waals surface area contributed by atoms with Gasteiger partial charge >= 0.3 is 0 Å². The average Bonchev–Trinajstić information content (AvgIpc) is 3.70. The molecule has 2 amide bonds. The van der Waals surface area contributed by atoms with Crippen molar-refractivity contribution < 1.29 is 35.6 Å². The summed E-state index contributed by atoms with van der Waals surface area (Å²) in [5.41, 5.74) is 0.390. The van der Waals surface area contributed by atoms with Crippen LogP contribution in [-0.2, 0) is 26.2 Å². The Hall–Kier alpha value is -3.92. The third kappa shape index (κ3) is 8.50. The first kappa shape index (κ1) is 35.9. The van der Waals surface area contributed by atoms with Gasteiger partial charge in [-0.1, -0.05) is 12.1 Å². The molecule has 3 aliphatic rings. The zero-order chi connectivity index (χ0) is 35.4. The van der Waals surface area contributed by atoms with Crippen LogP contribution in [0.25, 0.3) is 0 Å². The predicted octanol–water partition coefficient (Wildman–Crippen LogP) is 4.24. The predicted molar refractivity (Wildman–Crippen MR) is 178 cm³/mol. The molecule has 0 spiro atoms. The molecule has 3 N–H and O–H groups in total. The van der Waals surface area contributed by atoms with Crippen molar-refractivity contribution >= 4 is 27.7 Å². The van der Waals surface area contributed by atoms with Gasteiger partial charge in [-0.2, -0.15) is 17.0 Å². The van der Waals surface area contributed by atoms with Crippen molar-refractivity contribution in [2.24, 2.45) is 5.92 Å². The van der Waals surface area contributed by atoms with Crippen molar-refractivity contribution in [1.29, 1.82) is 0 Å². The van der Waals surface area contributed by atoms with E-state index in [1.165, 1.54) is 26.9 Å². The molecule has 3 atom stereocenters. The number of aromatic nitrogens is 1. The van der Waals surface area contributed by atoms with Gasteiger partial charge in [0.05, 0.1) is 18.1 Å².